The molecule has 41 heavy (non-hydrogen) atoms. The molecule has 1 aliphatic heterocycles. The lowest BCUT2D eigenvalue weighted by atomic mass is 9.96. The van der Waals surface area contributed by atoms with E-state index in [9.17, 15) is 0 Å². The molecule has 0 aliphatic carbocycles. The van der Waals surface area contributed by atoms with Crippen LogP contribution in [-0.4, -0.2) is 14.7 Å². The zero-order chi connectivity index (χ0) is 28.7. The smallest absolute Gasteiger partial charge is 0.174 e. The van der Waals surface area contributed by atoms with E-state index in [4.69, 9.17) is 21.9 Å². The van der Waals surface area contributed by atoms with Crippen molar-refractivity contribution in [2.24, 2.45) is 0 Å². The van der Waals surface area contributed by atoms with Crippen LogP contribution in [0, 0.1) is 34.6 Å². The molecule has 0 saturated carbocycles. The van der Waals surface area contributed by atoms with Crippen molar-refractivity contribution in [2.45, 2.75) is 46.7 Å². The molecule has 5 nitrogen and oxygen atoms in total. The van der Waals surface area contributed by atoms with Gasteiger partial charge in [-0.05, 0) is 130 Å². The standard InChI is InChI=1S/C35H34N4OS/c1-22-18-23(2)20-28(19-22)38-25(4)21-30(26(38)5)34-33(31-11-8-9-17-36-31)37-35(41)39(34)27-13-15-29(16-14-27)40-32-12-7-6-10-24(32)3/h6-21,33-34H,1-5H3,(H,37,41). The van der Waals surface area contributed by atoms with Gasteiger partial charge in [0.25, 0.3) is 0 Å². The molecule has 0 amide bonds. The molecule has 2 unspecified atom stereocenters. The first-order chi connectivity index (χ1) is 19.8. The van der Waals surface area contributed by atoms with Crippen LogP contribution in [0.4, 0.5) is 5.69 Å². The Balaban J connectivity index is 1.42. The van der Waals surface area contributed by atoms with Crippen LogP contribution in [0.1, 0.15) is 51.4 Å². The molecule has 6 heteroatoms. The van der Waals surface area contributed by atoms with E-state index in [-0.39, 0.29) is 12.1 Å². The second-order valence-corrected chi connectivity index (χ2v) is 11.3. The zero-order valence-electron chi connectivity index (χ0n) is 24.1. The van der Waals surface area contributed by atoms with Crippen molar-refractivity contribution < 1.29 is 4.74 Å². The Morgan fingerprint density at radius 3 is 2.17 bits per heavy atom. The van der Waals surface area contributed by atoms with Crippen LogP contribution in [0.15, 0.2) is 97.2 Å². The highest BCUT2D eigenvalue weighted by Gasteiger charge is 2.42. The molecular formula is C35H34N4OS. The first kappa shape index (κ1) is 26.8. The Morgan fingerprint density at radius 1 is 0.780 bits per heavy atom. The largest absolute Gasteiger partial charge is 0.457 e. The lowest BCUT2D eigenvalue weighted by molar-refractivity contribution is 0.479. The number of rotatable bonds is 6. The summed E-state index contributed by atoms with van der Waals surface area (Å²) in [4.78, 5) is 6.95. The average molecular weight is 559 g/mol. The van der Waals surface area contributed by atoms with Gasteiger partial charge < -0.3 is 19.5 Å². The van der Waals surface area contributed by atoms with Gasteiger partial charge in [0, 0.05) is 29.0 Å². The van der Waals surface area contributed by atoms with Crippen LogP contribution in [0.3, 0.4) is 0 Å². The molecule has 3 aromatic carbocycles. The van der Waals surface area contributed by atoms with E-state index >= 15 is 0 Å². The fourth-order valence-electron chi connectivity index (χ4n) is 5.99. The van der Waals surface area contributed by atoms with Crippen molar-refractivity contribution in [2.75, 3.05) is 4.90 Å². The summed E-state index contributed by atoms with van der Waals surface area (Å²) in [6.07, 6.45) is 1.84. The van der Waals surface area contributed by atoms with Gasteiger partial charge in [0.2, 0.25) is 0 Å². The maximum atomic E-state index is 6.18. The highest BCUT2D eigenvalue weighted by Crippen LogP contribution is 2.44. The van der Waals surface area contributed by atoms with Crippen molar-refractivity contribution in [3.8, 4) is 17.2 Å². The number of anilines is 1. The molecule has 2 aromatic heterocycles. The fraction of sp³-hybridized carbons (Fsp3) is 0.200. The number of thiocarbonyl (C=S) groups is 1. The minimum atomic E-state index is -0.111. The molecule has 6 rings (SSSR count). The van der Waals surface area contributed by atoms with Gasteiger partial charge in [-0.3, -0.25) is 4.98 Å². The second kappa shape index (κ2) is 10.9. The van der Waals surface area contributed by atoms with Gasteiger partial charge in [0.05, 0.1) is 17.8 Å². The van der Waals surface area contributed by atoms with Crippen molar-refractivity contribution >= 4 is 23.0 Å². The average Bonchev–Trinajstić information content (AvgIpc) is 3.45. The maximum absolute atomic E-state index is 6.18. The summed E-state index contributed by atoms with van der Waals surface area (Å²) in [7, 11) is 0. The normalized spacial score (nSPS) is 16.6. The van der Waals surface area contributed by atoms with Gasteiger partial charge in [-0.1, -0.05) is 30.3 Å². The summed E-state index contributed by atoms with van der Waals surface area (Å²) >= 11 is 5.99. The second-order valence-electron chi connectivity index (χ2n) is 10.9. The molecule has 1 N–H and O–H groups in total. The number of benzene rings is 3. The number of nitrogens with one attached hydrogen (secondary N) is 1. The van der Waals surface area contributed by atoms with Gasteiger partial charge in [-0.25, -0.2) is 0 Å². The highest BCUT2D eigenvalue weighted by atomic mass is 32.1. The minimum Gasteiger partial charge on any atom is -0.457 e. The molecule has 1 aliphatic rings. The number of aromatic nitrogens is 2. The van der Waals surface area contributed by atoms with E-state index in [2.05, 4.69) is 97.9 Å². The monoisotopic (exact) mass is 558 g/mol. The van der Waals surface area contributed by atoms with E-state index in [1.165, 1.54) is 33.8 Å². The SMILES string of the molecule is Cc1cc(C)cc(-n2c(C)cc(C3C(c4ccccn4)NC(=S)N3c3ccc(Oc4ccccc4C)cc3)c2C)c1. The van der Waals surface area contributed by atoms with Gasteiger partial charge >= 0.3 is 0 Å². The Kier molecular flexibility index (Phi) is 7.10. The van der Waals surface area contributed by atoms with E-state index < -0.39 is 0 Å². The number of para-hydroxylation sites is 1. The van der Waals surface area contributed by atoms with Gasteiger partial charge in [0.1, 0.15) is 11.5 Å². The number of hydrogen-bond donors (Lipinski definition) is 1. The first-order valence-corrected chi connectivity index (χ1v) is 14.3. The maximum Gasteiger partial charge on any atom is 0.174 e. The summed E-state index contributed by atoms with van der Waals surface area (Å²) < 4.78 is 8.53. The van der Waals surface area contributed by atoms with Crippen LogP contribution >= 0.6 is 12.2 Å². The van der Waals surface area contributed by atoms with Crippen LogP contribution in [-0.2, 0) is 0 Å². The third-order valence-electron chi connectivity index (χ3n) is 7.79. The molecule has 1 saturated heterocycles. The van der Waals surface area contributed by atoms with E-state index in [1.807, 2.05) is 48.7 Å². The third-order valence-corrected chi connectivity index (χ3v) is 8.10. The number of pyridine rings is 1. The van der Waals surface area contributed by atoms with Gasteiger partial charge in [-0.2, -0.15) is 0 Å². The topological polar surface area (TPSA) is 42.3 Å². The number of nitrogens with zero attached hydrogens (tertiary/aromatic N) is 3. The molecule has 206 valence electrons. The Hall–Kier alpha value is -4.42. The molecule has 0 bridgehead atoms. The summed E-state index contributed by atoms with van der Waals surface area (Å²) in [5, 5.41) is 4.27. The summed E-state index contributed by atoms with van der Waals surface area (Å²) in [5.41, 5.74) is 10.3. The third kappa shape index (κ3) is 5.11. The van der Waals surface area contributed by atoms with Gasteiger partial charge in [-0.15, -0.1) is 0 Å². The van der Waals surface area contributed by atoms with Crippen molar-refractivity contribution in [3.05, 3.63) is 137 Å². The zero-order valence-corrected chi connectivity index (χ0v) is 24.9. The van der Waals surface area contributed by atoms with E-state index in [1.54, 1.807) is 0 Å². The Morgan fingerprint density at radius 2 is 1.49 bits per heavy atom. The van der Waals surface area contributed by atoms with Crippen LogP contribution in [0.25, 0.3) is 5.69 Å². The minimum absolute atomic E-state index is 0.0913. The van der Waals surface area contributed by atoms with Crippen molar-refractivity contribution in [1.29, 1.82) is 0 Å². The number of hydrogen-bond acceptors (Lipinski definition) is 3. The molecule has 0 spiro atoms. The Bertz CT molecular complexity index is 1710. The summed E-state index contributed by atoms with van der Waals surface area (Å²) in [6.45, 7) is 10.7. The molecular weight excluding hydrogens is 524 g/mol. The summed E-state index contributed by atoms with van der Waals surface area (Å²) in [5.74, 6) is 1.64. The summed E-state index contributed by atoms with van der Waals surface area (Å²) in [6, 6.07) is 31.1. The lowest BCUT2D eigenvalue weighted by Gasteiger charge is -2.28. The fourth-order valence-corrected chi connectivity index (χ4v) is 6.33. The molecule has 3 heterocycles. The first-order valence-electron chi connectivity index (χ1n) is 13.9. The molecule has 1 fully saturated rings. The van der Waals surface area contributed by atoms with Crippen molar-refractivity contribution in [3.63, 3.8) is 0 Å². The van der Waals surface area contributed by atoms with Crippen LogP contribution in [0.2, 0.25) is 0 Å². The Labute approximate surface area is 247 Å². The molecule has 2 atom stereocenters. The van der Waals surface area contributed by atoms with Gasteiger partial charge in [0.15, 0.2) is 5.11 Å². The number of aryl methyl sites for hydroxylation is 4. The quantitative estimate of drug-likeness (QED) is 0.212. The predicted molar refractivity (Wildman–Crippen MR) is 170 cm³/mol. The van der Waals surface area contributed by atoms with Crippen LogP contribution in [0.5, 0.6) is 11.5 Å². The van der Waals surface area contributed by atoms with Crippen LogP contribution < -0.4 is 15.0 Å². The number of ether oxygens (including phenoxy) is 1. The highest BCUT2D eigenvalue weighted by molar-refractivity contribution is 7.80. The predicted octanol–water partition coefficient (Wildman–Crippen LogP) is 8.38. The van der Waals surface area contributed by atoms with E-state index in [0.29, 0.717) is 5.11 Å². The molecule has 5 aromatic rings. The lowest BCUT2D eigenvalue weighted by Crippen LogP contribution is -2.29. The van der Waals surface area contributed by atoms with E-state index in [0.717, 1.165) is 28.4 Å². The molecule has 0 radical (unpaired) electrons. The van der Waals surface area contributed by atoms with Crippen molar-refractivity contribution in [1.82, 2.24) is 14.9 Å².